The topological polar surface area (TPSA) is 41.0 Å². The Balaban J connectivity index is 2.01. The zero-order chi connectivity index (χ0) is 11.4. The summed E-state index contributed by atoms with van der Waals surface area (Å²) in [6.45, 7) is 2.12. The third-order valence-corrected chi connectivity index (χ3v) is 2.68. The van der Waals surface area contributed by atoms with E-state index in [9.17, 15) is 8.78 Å². The Labute approximate surface area is 92.7 Å². The number of hydrogen-bond donors (Lipinski definition) is 1. The van der Waals surface area contributed by atoms with Gasteiger partial charge in [-0.15, -0.1) is 0 Å². The number of piperazine rings is 1. The minimum Gasteiger partial charge on any atom is -0.314 e. The third-order valence-electron chi connectivity index (χ3n) is 2.68. The molecule has 1 atom stereocenters. The van der Waals surface area contributed by atoms with Crippen LogP contribution >= 0.6 is 0 Å². The van der Waals surface area contributed by atoms with E-state index in [1.54, 1.807) is 23.2 Å². The largest absolute Gasteiger partial charge is 0.314 e. The van der Waals surface area contributed by atoms with Gasteiger partial charge in [-0.2, -0.15) is 10.2 Å². The molecular formula is C10H14F2N4. The van der Waals surface area contributed by atoms with Crippen LogP contribution in [0, 0.1) is 0 Å². The summed E-state index contributed by atoms with van der Waals surface area (Å²) in [4.78, 5) is 1.76. The first-order valence-electron chi connectivity index (χ1n) is 5.27. The number of nitrogens with one attached hydrogen (secondary N) is 1. The van der Waals surface area contributed by atoms with Gasteiger partial charge in [-0.05, 0) is 12.1 Å². The molecule has 1 aromatic heterocycles. The molecule has 4 nitrogen and oxygen atoms in total. The van der Waals surface area contributed by atoms with Gasteiger partial charge in [-0.1, -0.05) is 0 Å². The van der Waals surface area contributed by atoms with Crippen LogP contribution in [-0.4, -0.2) is 47.2 Å². The van der Waals surface area contributed by atoms with Crippen LogP contribution in [0.15, 0.2) is 18.3 Å². The molecule has 0 bridgehead atoms. The highest BCUT2D eigenvalue weighted by molar-refractivity contribution is 5.00. The van der Waals surface area contributed by atoms with E-state index in [0.717, 1.165) is 12.2 Å². The van der Waals surface area contributed by atoms with Crippen molar-refractivity contribution in [2.45, 2.75) is 19.0 Å². The Kier molecular flexibility index (Phi) is 3.74. The highest BCUT2D eigenvalue weighted by Gasteiger charge is 2.29. The molecule has 2 rings (SSSR count). The number of halogens is 2. The van der Waals surface area contributed by atoms with Crippen molar-refractivity contribution in [3.8, 4) is 0 Å². The summed E-state index contributed by atoms with van der Waals surface area (Å²) in [6, 6.07) is 2.84. The van der Waals surface area contributed by atoms with E-state index in [4.69, 9.17) is 0 Å². The second kappa shape index (κ2) is 5.27. The lowest BCUT2D eigenvalue weighted by atomic mass is 10.2. The van der Waals surface area contributed by atoms with Gasteiger partial charge in [-0.3, -0.25) is 4.90 Å². The first kappa shape index (κ1) is 11.3. The van der Waals surface area contributed by atoms with Crippen molar-refractivity contribution < 1.29 is 8.78 Å². The van der Waals surface area contributed by atoms with Gasteiger partial charge in [0.2, 0.25) is 0 Å². The predicted octanol–water partition coefficient (Wildman–Crippen LogP) is 0.515. The summed E-state index contributed by atoms with van der Waals surface area (Å²) in [7, 11) is 0. The number of aromatic nitrogens is 2. The second-order valence-electron chi connectivity index (χ2n) is 3.79. The first-order chi connectivity index (χ1) is 7.77. The Morgan fingerprint density at radius 2 is 2.44 bits per heavy atom. The summed E-state index contributed by atoms with van der Waals surface area (Å²) < 4.78 is 25.5. The Morgan fingerprint density at radius 1 is 1.56 bits per heavy atom. The molecule has 1 aromatic rings. The first-order valence-corrected chi connectivity index (χ1v) is 5.27. The lowest BCUT2D eigenvalue weighted by molar-refractivity contribution is 0.00761. The van der Waals surface area contributed by atoms with Crippen LogP contribution in [0.5, 0.6) is 0 Å². The highest BCUT2D eigenvalue weighted by atomic mass is 19.3. The predicted molar refractivity (Wildman–Crippen MR) is 55.1 cm³/mol. The average molecular weight is 228 g/mol. The van der Waals surface area contributed by atoms with Gasteiger partial charge in [-0.25, -0.2) is 8.78 Å². The fraction of sp³-hybridized carbons (Fsp3) is 0.600. The SMILES string of the molecule is FC(F)[C@H]1CNCCN1Cc1cccnn1. The van der Waals surface area contributed by atoms with Crippen LogP contribution in [0.2, 0.25) is 0 Å². The second-order valence-corrected chi connectivity index (χ2v) is 3.79. The standard InChI is InChI=1S/C10H14F2N4/c11-10(12)9-6-13-4-5-16(9)7-8-2-1-3-14-15-8/h1-3,9-10,13H,4-7H2/t9-/m1/s1. The zero-order valence-electron chi connectivity index (χ0n) is 8.81. The van der Waals surface area contributed by atoms with Gasteiger partial charge in [0.15, 0.2) is 0 Å². The molecule has 0 amide bonds. The summed E-state index contributed by atoms with van der Waals surface area (Å²) in [5.41, 5.74) is 0.732. The number of alkyl halides is 2. The van der Waals surface area contributed by atoms with Crippen LogP contribution in [0.4, 0.5) is 8.78 Å². The molecule has 0 unspecified atom stereocenters. The Morgan fingerprint density at radius 3 is 3.12 bits per heavy atom. The molecule has 16 heavy (non-hydrogen) atoms. The summed E-state index contributed by atoms with van der Waals surface area (Å²) in [5.74, 6) is 0. The van der Waals surface area contributed by atoms with E-state index in [1.165, 1.54) is 0 Å². The van der Waals surface area contributed by atoms with Crippen molar-refractivity contribution in [2.75, 3.05) is 19.6 Å². The van der Waals surface area contributed by atoms with Crippen molar-refractivity contribution in [1.29, 1.82) is 0 Å². The molecule has 1 aliphatic rings. The molecule has 0 spiro atoms. The molecule has 88 valence electrons. The molecule has 1 aliphatic heterocycles. The minimum atomic E-state index is -2.33. The lowest BCUT2D eigenvalue weighted by Crippen LogP contribution is -2.54. The van der Waals surface area contributed by atoms with Crippen LogP contribution in [0.3, 0.4) is 0 Å². The Bertz CT molecular complexity index is 320. The van der Waals surface area contributed by atoms with Crippen LogP contribution in [0.25, 0.3) is 0 Å². The van der Waals surface area contributed by atoms with E-state index in [1.807, 2.05) is 0 Å². The molecule has 0 radical (unpaired) electrons. The van der Waals surface area contributed by atoms with E-state index in [-0.39, 0.29) is 0 Å². The molecule has 0 aliphatic carbocycles. The van der Waals surface area contributed by atoms with Crippen LogP contribution in [-0.2, 0) is 6.54 Å². The number of rotatable bonds is 3. The number of hydrogen-bond acceptors (Lipinski definition) is 4. The van der Waals surface area contributed by atoms with E-state index in [0.29, 0.717) is 19.6 Å². The Hall–Kier alpha value is -1.14. The van der Waals surface area contributed by atoms with E-state index < -0.39 is 12.5 Å². The van der Waals surface area contributed by atoms with Gasteiger partial charge in [0.05, 0.1) is 11.7 Å². The summed E-state index contributed by atoms with van der Waals surface area (Å²) in [5, 5.41) is 10.6. The fourth-order valence-electron chi connectivity index (χ4n) is 1.84. The zero-order valence-corrected chi connectivity index (χ0v) is 8.81. The van der Waals surface area contributed by atoms with Crippen LogP contribution < -0.4 is 5.32 Å². The van der Waals surface area contributed by atoms with Gasteiger partial charge >= 0.3 is 0 Å². The monoisotopic (exact) mass is 228 g/mol. The van der Waals surface area contributed by atoms with E-state index in [2.05, 4.69) is 15.5 Å². The minimum absolute atomic E-state index is 0.331. The van der Waals surface area contributed by atoms with Gasteiger partial charge in [0, 0.05) is 32.4 Å². The molecule has 1 fully saturated rings. The van der Waals surface area contributed by atoms with Gasteiger partial charge in [0.25, 0.3) is 6.43 Å². The lowest BCUT2D eigenvalue weighted by Gasteiger charge is -2.35. The highest BCUT2D eigenvalue weighted by Crippen LogP contribution is 2.14. The molecule has 2 heterocycles. The molecule has 1 N–H and O–H groups in total. The maximum Gasteiger partial charge on any atom is 0.255 e. The molecule has 0 saturated carbocycles. The van der Waals surface area contributed by atoms with Crippen molar-refractivity contribution in [3.63, 3.8) is 0 Å². The fourth-order valence-corrected chi connectivity index (χ4v) is 1.84. The van der Waals surface area contributed by atoms with Crippen molar-refractivity contribution in [2.24, 2.45) is 0 Å². The maximum atomic E-state index is 12.8. The van der Waals surface area contributed by atoms with Crippen molar-refractivity contribution >= 4 is 0 Å². The maximum absolute atomic E-state index is 12.8. The molecule has 0 aromatic carbocycles. The smallest absolute Gasteiger partial charge is 0.255 e. The quantitative estimate of drug-likeness (QED) is 0.818. The molecule has 1 saturated heterocycles. The summed E-state index contributed by atoms with van der Waals surface area (Å²) in [6.07, 6.45) is -0.754. The third kappa shape index (κ3) is 2.70. The molecule has 6 heteroatoms. The van der Waals surface area contributed by atoms with Crippen LogP contribution in [0.1, 0.15) is 5.69 Å². The molecular weight excluding hydrogens is 214 g/mol. The summed E-state index contributed by atoms with van der Waals surface area (Å²) >= 11 is 0. The number of nitrogens with zero attached hydrogens (tertiary/aromatic N) is 3. The van der Waals surface area contributed by atoms with Gasteiger partial charge < -0.3 is 5.32 Å². The normalized spacial score (nSPS) is 22.6. The average Bonchev–Trinajstić information content (AvgIpc) is 2.31. The van der Waals surface area contributed by atoms with Crippen molar-refractivity contribution in [3.05, 3.63) is 24.0 Å². The van der Waals surface area contributed by atoms with Crippen molar-refractivity contribution in [1.82, 2.24) is 20.4 Å². The van der Waals surface area contributed by atoms with E-state index >= 15 is 0 Å². The van der Waals surface area contributed by atoms with Gasteiger partial charge in [0.1, 0.15) is 0 Å².